The van der Waals surface area contributed by atoms with Crippen molar-refractivity contribution >= 4 is 9.84 Å². The van der Waals surface area contributed by atoms with Crippen LogP contribution >= 0.6 is 0 Å². The van der Waals surface area contributed by atoms with Gasteiger partial charge in [-0.3, -0.25) is 0 Å². The Morgan fingerprint density at radius 2 is 2.06 bits per heavy atom. The summed E-state index contributed by atoms with van der Waals surface area (Å²) in [4.78, 5) is 0.234. The average molecular weight is 272 g/mol. The fourth-order valence-electron chi connectivity index (χ4n) is 1.72. The van der Waals surface area contributed by atoms with Crippen LogP contribution in [0.15, 0.2) is 29.2 Å². The molecule has 102 valence electrons. The highest BCUT2D eigenvalue weighted by Crippen LogP contribution is 2.26. The lowest BCUT2D eigenvalue weighted by molar-refractivity contribution is 0.0884. The summed E-state index contributed by atoms with van der Waals surface area (Å²) in [5.41, 5.74) is 0.626. The first-order valence-corrected chi connectivity index (χ1v) is 7.72. The lowest BCUT2D eigenvalue weighted by Crippen LogP contribution is -2.12. The Bertz CT molecular complexity index is 482. The molecular formula is C13H20O4S. The quantitative estimate of drug-likeness (QED) is 0.857. The van der Waals surface area contributed by atoms with E-state index in [9.17, 15) is 13.5 Å². The molecule has 1 N–H and O–H groups in total. The van der Waals surface area contributed by atoms with Crippen LogP contribution in [-0.4, -0.2) is 33.5 Å². The lowest BCUT2D eigenvalue weighted by atomic mass is 9.95. The molecule has 18 heavy (non-hydrogen) atoms. The van der Waals surface area contributed by atoms with Gasteiger partial charge in [0.1, 0.15) is 0 Å². The fourth-order valence-corrected chi connectivity index (χ4v) is 2.40. The predicted molar refractivity (Wildman–Crippen MR) is 70.2 cm³/mol. The third-order valence-electron chi connectivity index (χ3n) is 2.94. The number of hydrogen-bond donors (Lipinski definition) is 1. The summed E-state index contributed by atoms with van der Waals surface area (Å²) in [6.45, 7) is 2.49. The van der Waals surface area contributed by atoms with Gasteiger partial charge in [-0.15, -0.1) is 0 Å². The SMILES string of the molecule is COCCC(C)C(O)c1cccc(S(C)(=O)=O)c1. The van der Waals surface area contributed by atoms with Gasteiger partial charge in [-0.25, -0.2) is 8.42 Å². The molecule has 0 aliphatic rings. The van der Waals surface area contributed by atoms with Gasteiger partial charge >= 0.3 is 0 Å². The van der Waals surface area contributed by atoms with E-state index in [0.717, 1.165) is 12.7 Å². The van der Waals surface area contributed by atoms with Gasteiger partial charge in [-0.05, 0) is 30.0 Å². The molecule has 0 saturated heterocycles. The van der Waals surface area contributed by atoms with Crippen molar-refractivity contribution in [3.05, 3.63) is 29.8 Å². The van der Waals surface area contributed by atoms with E-state index in [0.29, 0.717) is 12.2 Å². The van der Waals surface area contributed by atoms with Crippen LogP contribution in [0.5, 0.6) is 0 Å². The van der Waals surface area contributed by atoms with E-state index in [1.54, 1.807) is 19.2 Å². The standard InChI is InChI=1S/C13H20O4S/c1-10(7-8-17-2)13(14)11-5-4-6-12(9-11)18(3,15)16/h4-6,9-10,13-14H,7-8H2,1-3H3. The topological polar surface area (TPSA) is 63.6 Å². The highest BCUT2D eigenvalue weighted by atomic mass is 32.2. The van der Waals surface area contributed by atoms with E-state index in [-0.39, 0.29) is 10.8 Å². The Kier molecular flexibility index (Phi) is 5.31. The fraction of sp³-hybridized carbons (Fsp3) is 0.538. The van der Waals surface area contributed by atoms with Crippen molar-refractivity contribution in [3.8, 4) is 0 Å². The Labute approximate surface area is 109 Å². The molecule has 1 aromatic carbocycles. The molecule has 0 spiro atoms. The molecule has 0 saturated carbocycles. The zero-order valence-corrected chi connectivity index (χ0v) is 11.8. The second-order valence-electron chi connectivity index (χ2n) is 4.55. The molecule has 2 unspecified atom stereocenters. The lowest BCUT2D eigenvalue weighted by Gasteiger charge is -2.19. The van der Waals surface area contributed by atoms with Gasteiger partial charge in [0.15, 0.2) is 9.84 Å². The maximum atomic E-state index is 11.4. The molecule has 0 aliphatic carbocycles. The molecule has 0 radical (unpaired) electrons. The number of rotatable bonds is 6. The molecule has 0 fully saturated rings. The largest absolute Gasteiger partial charge is 0.388 e. The summed E-state index contributed by atoms with van der Waals surface area (Å²) in [6.07, 6.45) is 1.20. The number of hydrogen-bond acceptors (Lipinski definition) is 4. The maximum absolute atomic E-state index is 11.4. The van der Waals surface area contributed by atoms with E-state index < -0.39 is 15.9 Å². The van der Waals surface area contributed by atoms with Crippen molar-refractivity contribution in [3.63, 3.8) is 0 Å². The Hall–Kier alpha value is -0.910. The van der Waals surface area contributed by atoms with E-state index in [2.05, 4.69) is 0 Å². The zero-order chi connectivity index (χ0) is 13.8. The number of sulfone groups is 1. The molecule has 0 heterocycles. The molecule has 4 nitrogen and oxygen atoms in total. The Morgan fingerprint density at radius 3 is 2.61 bits per heavy atom. The van der Waals surface area contributed by atoms with Gasteiger partial charge in [0.2, 0.25) is 0 Å². The van der Waals surface area contributed by atoms with Gasteiger partial charge in [0.25, 0.3) is 0 Å². The molecule has 1 aromatic rings. The summed E-state index contributed by atoms with van der Waals surface area (Å²) in [5, 5.41) is 10.2. The van der Waals surface area contributed by atoms with Crippen molar-refractivity contribution in [2.75, 3.05) is 20.0 Å². The van der Waals surface area contributed by atoms with Gasteiger partial charge in [0.05, 0.1) is 11.0 Å². The molecule has 0 bridgehead atoms. The number of methoxy groups -OCH3 is 1. The average Bonchev–Trinajstić information content (AvgIpc) is 2.34. The van der Waals surface area contributed by atoms with Crippen LogP contribution in [0.4, 0.5) is 0 Å². The van der Waals surface area contributed by atoms with Crippen LogP contribution < -0.4 is 0 Å². The van der Waals surface area contributed by atoms with Crippen LogP contribution in [0.1, 0.15) is 25.0 Å². The van der Waals surface area contributed by atoms with Crippen LogP contribution in [0.25, 0.3) is 0 Å². The van der Waals surface area contributed by atoms with Crippen molar-refractivity contribution in [1.29, 1.82) is 0 Å². The van der Waals surface area contributed by atoms with Gasteiger partial charge < -0.3 is 9.84 Å². The normalized spacial score (nSPS) is 15.3. The van der Waals surface area contributed by atoms with E-state index in [1.165, 1.54) is 12.1 Å². The molecule has 5 heteroatoms. The first kappa shape index (κ1) is 15.1. The third kappa shape index (κ3) is 4.08. The maximum Gasteiger partial charge on any atom is 0.175 e. The second kappa shape index (κ2) is 6.31. The number of aliphatic hydroxyl groups is 1. The zero-order valence-electron chi connectivity index (χ0n) is 11.0. The van der Waals surface area contributed by atoms with Crippen LogP contribution in [0, 0.1) is 5.92 Å². The molecular weight excluding hydrogens is 252 g/mol. The minimum atomic E-state index is -3.24. The monoisotopic (exact) mass is 272 g/mol. The van der Waals surface area contributed by atoms with Crippen LogP contribution in [0.2, 0.25) is 0 Å². The molecule has 0 aliphatic heterocycles. The smallest absolute Gasteiger partial charge is 0.175 e. The minimum Gasteiger partial charge on any atom is -0.388 e. The summed E-state index contributed by atoms with van der Waals surface area (Å²) in [6, 6.07) is 6.45. The van der Waals surface area contributed by atoms with E-state index >= 15 is 0 Å². The van der Waals surface area contributed by atoms with Gasteiger partial charge in [-0.1, -0.05) is 19.1 Å². The second-order valence-corrected chi connectivity index (χ2v) is 6.56. The van der Waals surface area contributed by atoms with Crippen molar-refractivity contribution in [2.24, 2.45) is 5.92 Å². The number of aliphatic hydroxyl groups excluding tert-OH is 1. The van der Waals surface area contributed by atoms with Crippen LogP contribution in [-0.2, 0) is 14.6 Å². The summed E-state index contributed by atoms with van der Waals surface area (Å²) >= 11 is 0. The molecule has 0 amide bonds. The third-order valence-corrected chi connectivity index (χ3v) is 4.05. The summed E-state index contributed by atoms with van der Waals surface area (Å²) in [7, 11) is -1.62. The number of benzene rings is 1. The van der Waals surface area contributed by atoms with E-state index in [1.807, 2.05) is 6.92 Å². The Morgan fingerprint density at radius 1 is 1.39 bits per heavy atom. The van der Waals surface area contributed by atoms with Crippen molar-refractivity contribution in [2.45, 2.75) is 24.3 Å². The Balaban J connectivity index is 2.90. The number of ether oxygens (including phenoxy) is 1. The molecule has 2 atom stereocenters. The highest BCUT2D eigenvalue weighted by molar-refractivity contribution is 7.90. The highest BCUT2D eigenvalue weighted by Gasteiger charge is 2.18. The molecule has 1 rings (SSSR count). The minimum absolute atomic E-state index is 0.0137. The van der Waals surface area contributed by atoms with Crippen LogP contribution in [0.3, 0.4) is 0 Å². The first-order valence-electron chi connectivity index (χ1n) is 5.83. The van der Waals surface area contributed by atoms with Gasteiger partial charge in [0, 0.05) is 20.0 Å². The first-order chi connectivity index (χ1) is 8.36. The molecule has 0 aromatic heterocycles. The van der Waals surface area contributed by atoms with Gasteiger partial charge in [-0.2, -0.15) is 0 Å². The summed E-state index contributed by atoms with van der Waals surface area (Å²) < 4.78 is 27.9. The van der Waals surface area contributed by atoms with Crippen molar-refractivity contribution in [1.82, 2.24) is 0 Å². The van der Waals surface area contributed by atoms with Crippen molar-refractivity contribution < 1.29 is 18.3 Å². The predicted octanol–water partition coefficient (Wildman–Crippen LogP) is 1.80. The van der Waals surface area contributed by atoms with E-state index in [4.69, 9.17) is 4.74 Å². The summed E-state index contributed by atoms with van der Waals surface area (Å²) in [5.74, 6) is 0.0137.